The lowest BCUT2D eigenvalue weighted by Gasteiger charge is -2.42. The molecule has 3 saturated heterocycles. The van der Waals surface area contributed by atoms with Crippen LogP contribution >= 0.6 is 66.9 Å². The lowest BCUT2D eigenvalue weighted by atomic mass is 10.0. The first-order chi connectivity index (χ1) is 47.8. The molecule has 13 atom stereocenters. The molecule has 3 aliphatic heterocycles. The Morgan fingerprint density at radius 2 is 0.711 bits per heavy atom. The van der Waals surface area contributed by atoms with Gasteiger partial charge in [0, 0.05) is 77.3 Å². The van der Waals surface area contributed by atoms with E-state index in [1.807, 2.05) is 6.08 Å². The number of benzene rings is 9. The predicted molar refractivity (Wildman–Crippen MR) is 443 cm³/mol. The lowest BCUT2D eigenvalue weighted by Crippen LogP contribution is -2.28. The molecule has 11 heteroatoms. The quantitative estimate of drug-likeness (QED) is 0.0317. The van der Waals surface area contributed by atoms with E-state index in [0.29, 0.717) is 33.4 Å². The Morgan fingerprint density at radius 3 is 1.09 bits per heavy atom. The zero-order valence-corrected chi connectivity index (χ0v) is 65.1. The molecule has 0 aromatic heterocycles. The summed E-state index contributed by atoms with van der Waals surface area (Å²) in [6.45, 7) is 14.7. The molecule has 97 heavy (non-hydrogen) atoms. The molecule has 0 aliphatic carbocycles. The molecule has 12 rings (SSSR count). The minimum absolute atomic E-state index is 0.421. The second-order valence-electron chi connectivity index (χ2n) is 26.3. The Labute approximate surface area is 596 Å². The van der Waals surface area contributed by atoms with Crippen LogP contribution in [0.3, 0.4) is 0 Å². The average Bonchev–Trinajstić information content (AvgIpc) is 1.75. The number of hydrogen-bond donors (Lipinski definition) is 0. The fraction of sp³-hybridized carbons (Fsp3) is 0.302. The highest BCUT2D eigenvalue weighted by molar-refractivity contribution is 7.82. The highest BCUT2D eigenvalue weighted by Gasteiger charge is 2.45. The van der Waals surface area contributed by atoms with Gasteiger partial charge in [-0.2, -0.15) is 0 Å². The van der Waals surface area contributed by atoms with Crippen molar-refractivity contribution in [3.63, 3.8) is 0 Å². The summed E-state index contributed by atoms with van der Waals surface area (Å²) in [4.78, 5) is 0. The van der Waals surface area contributed by atoms with E-state index < -0.39 is 48.4 Å². The van der Waals surface area contributed by atoms with Crippen LogP contribution in [0, 0.1) is 0 Å². The summed E-state index contributed by atoms with van der Waals surface area (Å²) in [5.74, 6) is 0. The number of allylic oxidation sites excluding steroid dienone is 5. The first-order valence-corrected chi connectivity index (χ1v) is 45.5. The molecule has 0 bridgehead atoms. The van der Waals surface area contributed by atoms with Crippen LogP contribution in [0.2, 0.25) is 0 Å². The van der Waals surface area contributed by atoms with Gasteiger partial charge < -0.3 is 0 Å². The van der Waals surface area contributed by atoms with Gasteiger partial charge in [0.05, 0.1) is 0 Å². The molecule has 0 amide bonds. The van der Waals surface area contributed by atoms with Gasteiger partial charge in [-0.05, 0) is 166 Å². The monoisotopic (exact) mass is 1420 g/mol. The summed E-state index contributed by atoms with van der Waals surface area (Å²) in [5, 5.41) is 9.96. The molecule has 0 saturated carbocycles. The van der Waals surface area contributed by atoms with E-state index in [0.717, 1.165) is 38.9 Å². The summed E-state index contributed by atoms with van der Waals surface area (Å²) < 4.78 is 9.13. The summed E-state index contributed by atoms with van der Waals surface area (Å²) in [6, 6.07) is 98.8. The molecule has 0 spiro atoms. The van der Waals surface area contributed by atoms with Crippen molar-refractivity contribution in [3.8, 4) is 0 Å². The van der Waals surface area contributed by atoms with Gasteiger partial charge in [-0.15, -0.1) is 18.5 Å². The molecular weight excluding hydrogens is 1320 g/mol. The predicted octanol–water partition coefficient (Wildman–Crippen LogP) is 23.1. The van der Waals surface area contributed by atoms with E-state index in [4.69, 9.17) is 0 Å². The maximum atomic E-state index is 4.31. The van der Waals surface area contributed by atoms with Crippen LogP contribution in [0.4, 0.5) is 0 Å². The first-order valence-electron chi connectivity index (χ1n) is 36.0. The van der Waals surface area contributed by atoms with Crippen molar-refractivity contribution in [1.29, 1.82) is 0 Å². The minimum Gasteiger partial charge on any atom is -0.251 e. The molecule has 9 aromatic carbocycles. The molecule has 3 nitrogen and oxygen atoms in total. The number of unbranched alkanes of at least 4 members (excludes halogenated alkanes) is 3. The van der Waals surface area contributed by atoms with Gasteiger partial charge in [-0.3, -0.25) is 13.3 Å². The van der Waals surface area contributed by atoms with Gasteiger partial charge in [-0.25, -0.2) is 0 Å². The van der Waals surface area contributed by atoms with Gasteiger partial charge in [0.1, 0.15) is 0 Å². The van der Waals surface area contributed by atoms with Crippen LogP contribution < -0.4 is 31.8 Å². The van der Waals surface area contributed by atoms with Gasteiger partial charge in [0.2, 0.25) is 0 Å². The number of nitrogens with zero attached hydrogens (tertiary/aromatic N) is 3. The van der Waals surface area contributed by atoms with Crippen molar-refractivity contribution < 1.29 is 0 Å². The third-order valence-electron chi connectivity index (χ3n) is 19.6. The normalized spacial score (nSPS) is 21.9. The maximum absolute atomic E-state index is 4.31. The third-order valence-corrected chi connectivity index (χ3v) is 41.0. The molecule has 3 heterocycles. The van der Waals surface area contributed by atoms with E-state index in [-0.39, 0.29) is 0 Å². The first kappa shape index (κ1) is 72.3. The van der Waals surface area contributed by atoms with Crippen molar-refractivity contribution in [2.75, 3.05) is 19.6 Å². The smallest absolute Gasteiger partial charge is 0.0318 e. The van der Waals surface area contributed by atoms with Crippen LogP contribution in [-0.2, 0) is 12.8 Å². The van der Waals surface area contributed by atoms with Crippen LogP contribution in [0.15, 0.2) is 291 Å². The number of hydrogen-bond acceptors (Lipinski definition) is 3. The van der Waals surface area contributed by atoms with Gasteiger partial charge in [0.15, 0.2) is 0 Å². The third kappa shape index (κ3) is 18.2. The molecule has 7 unspecified atom stereocenters. The van der Waals surface area contributed by atoms with Crippen molar-refractivity contribution in [2.45, 2.75) is 144 Å². The van der Waals surface area contributed by atoms with Crippen molar-refractivity contribution in [1.82, 2.24) is 13.3 Å². The Bertz CT molecular complexity index is 3830. The largest absolute Gasteiger partial charge is 0.251 e. The fourth-order valence-electron chi connectivity index (χ4n) is 14.7. The molecular formula is C86H101N3P8. The maximum Gasteiger partial charge on any atom is 0.0318 e. The SMILES string of the molecule is C=C/C=C(\C=C/[C@@H]1CC[C@@H](c2ccc(Cc3ccc(P(c4ccccc4)N(CCCC)P4[C@@H](c5ccccc5)CC[C@@H]4P)cc3)cc2)P1N(CCCC)P(c1ccccc1)c1ccccc1)Cc1ccc(P(c2ccccc2)N(CCCC)P2[C@H](P)CC[C@H]2c2ccccc2)cc1. The molecule has 0 radical (unpaired) electrons. The highest BCUT2D eigenvalue weighted by Crippen LogP contribution is 2.75. The number of rotatable bonds is 31. The standard InChI is InChI=1S/C86H101N3P8/c1-5-9-63-87(92(75-35-22-14-23-36-75)76-37-24-15-25-38-76)95-81(56-45-68(30-8-4)66-70-46-52-79(53-47-70)93(77-39-26-16-27-40-77)88(64-10-6-2)96-83(59-61-85(96)90)72-31-18-12-19-32-72)57-58-82(95)74-50-43-69(44-51-74)67-71-48-54-80(55-49-71)94(78-41-28-17-29-42-78)89(65-11-7-3)97-84(60-62-86(97)91)73-33-20-13-21-34-73/h8,12-56,81-86H,4-7,9-11,57-67,90-91H2,1-3H3/b56-45-,68-30+/t81-,82+,83+,84-,85+,86-,93?,94?,95?,96?,97?/m1/s1. The van der Waals surface area contributed by atoms with Gasteiger partial charge >= 0.3 is 0 Å². The second kappa shape index (κ2) is 36.9. The van der Waals surface area contributed by atoms with E-state index in [2.05, 4.69) is 332 Å². The van der Waals surface area contributed by atoms with Crippen molar-refractivity contribution in [2.24, 2.45) is 0 Å². The van der Waals surface area contributed by atoms with E-state index >= 15 is 0 Å². The van der Waals surface area contributed by atoms with Crippen LogP contribution in [0.1, 0.15) is 148 Å². The molecule has 3 fully saturated rings. The van der Waals surface area contributed by atoms with Crippen LogP contribution in [-0.4, -0.2) is 49.4 Å². The Morgan fingerprint density at radius 1 is 0.392 bits per heavy atom. The summed E-state index contributed by atoms with van der Waals surface area (Å²) >= 11 is 0. The molecule has 9 aromatic rings. The summed E-state index contributed by atoms with van der Waals surface area (Å²) in [6.07, 6.45) is 25.8. The summed E-state index contributed by atoms with van der Waals surface area (Å²) in [7, 11) is 2.86. The Kier molecular flexibility index (Phi) is 27.5. The molecule has 500 valence electrons. The lowest BCUT2D eigenvalue weighted by molar-refractivity contribution is 0.634. The van der Waals surface area contributed by atoms with Gasteiger partial charge in [-0.1, -0.05) is 326 Å². The van der Waals surface area contributed by atoms with Crippen LogP contribution in [0.5, 0.6) is 0 Å². The van der Waals surface area contributed by atoms with Crippen molar-refractivity contribution in [3.05, 3.63) is 325 Å². The second-order valence-corrected chi connectivity index (χ2v) is 44.0. The highest BCUT2D eigenvalue weighted by atomic mass is 31.2. The van der Waals surface area contributed by atoms with Crippen LogP contribution in [0.25, 0.3) is 0 Å². The minimum atomic E-state index is -0.802. The topological polar surface area (TPSA) is 9.72 Å². The van der Waals surface area contributed by atoms with Gasteiger partial charge in [0.25, 0.3) is 0 Å². The molecule has 3 aliphatic rings. The Hall–Kier alpha value is -4.48. The zero-order chi connectivity index (χ0) is 66.7. The fourth-order valence-corrected chi connectivity index (χ4v) is 39.5. The zero-order valence-electron chi connectivity index (χ0n) is 57.4. The summed E-state index contributed by atoms with van der Waals surface area (Å²) in [5.41, 5.74) is 12.0. The van der Waals surface area contributed by atoms with E-state index in [9.17, 15) is 0 Å². The molecule has 0 N–H and O–H groups in total. The van der Waals surface area contributed by atoms with E-state index in [1.54, 1.807) is 0 Å². The average molecular weight is 1420 g/mol. The van der Waals surface area contributed by atoms with E-state index in [1.165, 1.54) is 141 Å². The Balaban J connectivity index is 0.825. The van der Waals surface area contributed by atoms with Crippen molar-refractivity contribution >= 4 is 98.7 Å².